The topological polar surface area (TPSA) is 32.3 Å². The van der Waals surface area contributed by atoms with E-state index in [0.717, 1.165) is 24.2 Å². The monoisotopic (exact) mass is 282 g/mol. The number of aryl methyl sites for hydroxylation is 1. The van der Waals surface area contributed by atoms with Gasteiger partial charge in [-0.25, -0.2) is 0 Å². The van der Waals surface area contributed by atoms with Crippen LogP contribution in [-0.2, 0) is 0 Å². The van der Waals surface area contributed by atoms with Gasteiger partial charge < -0.3 is 10.2 Å². The number of amides is 1. The van der Waals surface area contributed by atoms with Gasteiger partial charge in [0.2, 0.25) is 0 Å². The van der Waals surface area contributed by atoms with E-state index in [0.29, 0.717) is 6.04 Å². The van der Waals surface area contributed by atoms with Crippen LogP contribution in [0.3, 0.4) is 0 Å². The zero-order valence-electron chi connectivity index (χ0n) is 12.1. The molecule has 4 heteroatoms. The van der Waals surface area contributed by atoms with Crippen LogP contribution in [0.4, 0.5) is 0 Å². The molecule has 2 atom stereocenters. The second kappa shape index (κ2) is 6.40. The van der Waals surface area contributed by atoms with Gasteiger partial charge in [-0.1, -0.05) is 12.1 Å². The van der Waals surface area contributed by atoms with Crippen LogP contribution in [0.5, 0.6) is 0 Å². The Morgan fingerprint density at radius 2 is 2.00 bits per heavy atom. The first-order valence-electron chi connectivity index (χ1n) is 6.63. The van der Waals surface area contributed by atoms with Crippen molar-refractivity contribution in [2.24, 2.45) is 0 Å². The minimum atomic E-state index is 0. The van der Waals surface area contributed by atoms with Crippen LogP contribution >= 0.6 is 12.4 Å². The molecule has 0 bridgehead atoms. The molecule has 1 aliphatic heterocycles. The van der Waals surface area contributed by atoms with Crippen LogP contribution in [0.25, 0.3) is 0 Å². The number of hydrogen-bond donors (Lipinski definition) is 1. The van der Waals surface area contributed by atoms with E-state index < -0.39 is 0 Å². The molecule has 19 heavy (non-hydrogen) atoms. The molecule has 1 aromatic rings. The number of piperazine rings is 1. The van der Waals surface area contributed by atoms with Gasteiger partial charge in [0.05, 0.1) is 0 Å². The third-order valence-electron chi connectivity index (χ3n) is 4.13. The first-order chi connectivity index (χ1) is 8.52. The molecule has 2 unspecified atom stereocenters. The van der Waals surface area contributed by atoms with Gasteiger partial charge in [0.15, 0.2) is 0 Å². The van der Waals surface area contributed by atoms with E-state index in [2.05, 4.69) is 32.2 Å². The van der Waals surface area contributed by atoms with E-state index in [9.17, 15) is 4.79 Å². The molecule has 1 aromatic carbocycles. The number of hydrogen-bond acceptors (Lipinski definition) is 2. The fraction of sp³-hybridized carbons (Fsp3) is 0.533. The van der Waals surface area contributed by atoms with Gasteiger partial charge in [-0.05, 0) is 44.9 Å². The summed E-state index contributed by atoms with van der Waals surface area (Å²) in [5.41, 5.74) is 3.12. The van der Waals surface area contributed by atoms with Gasteiger partial charge >= 0.3 is 0 Å². The third-order valence-corrected chi connectivity index (χ3v) is 4.13. The highest BCUT2D eigenvalue weighted by atomic mass is 35.5. The van der Waals surface area contributed by atoms with Crippen LogP contribution in [0.2, 0.25) is 0 Å². The Balaban J connectivity index is 0.00000180. The summed E-state index contributed by atoms with van der Waals surface area (Å²) in [6.07, 6.45) is 0. The van der Waals surface area contributed by atoms with Crippen molar-refractivity contribution >= 4 is 18.3 Å². The van der Waals surface area contributed by atoms with Gasteiger partial charge in [0.25, 0.3) is 5.91 Å². The molecule has 0 radical (unpaired) electrons. The highest BCUT2D eigenvalue weighted by Gasteiger charge is 2.29. The second-order valence-corrected chi connectivity index (χ2v) is 5.23. The lowest BCUT2D eigenvalue weighted by molar-refractivity contribution is 0.0602. The lowest BCUT2D eigenvalue weighted by Crippen LogP contribution is -2.57. The maximum Gasteiger partial charge on any atom is 0.254 e. The predicted molar refractivity (Wildman–Crippen MR) is 81.1 cm³/mol. The van der Waals surface area contributed by atoms with E-state index in [4.69, 9.17) is 0 Å². The standard InChI is InChI=1S/C15H22N2O.ClH/c1-10-6-5-7-14(11(10)2)15(18)17-9-8-16-12(3)13(17)4;/h5-7,12-13,16H,8-9H2,1-4H3;1H. The van der Waals surface area contributed by atoms with Crippen molar-refractivity contribution in [3.05, 3.63) is 34.9 Å². The second-order valence-electron chi connectivity index (χ2n) is 5.23. The SMILES string of the molecule is Cc1cccc(C(=O)N2CCNC(C)C2C)c1C.Cl. The normalized spacial score (nSPS) is 22.8. The Morgan fingerprint density at radius 3 is 2.68 bits per heavy atom. The van der Waals surface area contributed by atoms with E-state index in [-0.39, 0.29) is 24.4 Å². The Labute approximate surface area is 121 Å². The van der Waals surface area contributed by atoms with Gasteiger partial charge in [-0.2, -0.15) is 0 Å². The lowest BCUT2D eigenvalue weighted by atomic mass is 10.00. The highest BCUT2D eigenvalue weighted by Crippen LogP contribution is 2.18. The number of carbonyl (C=O) groups excluding carboxylic acids is 1. The summed E-state index contributed by atoms with van der Waals surface area (Å²) in [5.74, 6) is 0.164. The fourth-order valence-electron chi connectivity index (χ4n) is 2.48. The first kappa shape index (κ1) is 16.0. The Hall–Kier alpha value is -1.06. The fourth-order valence-corrected chi connectivity index (χ4v) is 2.48. The van der Waals surface area contributed by atoms with Gasteiger partial charge in [0, 0.05) is 30.7 Å². The van der Waals surface area contributed by atoms with Crippen LogP contribution in [0.15, 0.2) is 18.2 Å². The summed E-state index contributed by atoms with van der Waals surface area (Å²) in [6, 6.07) is 6.55. The third kappa shape index (κ3) is 3.10. The summed E-state index contributed by atoms with van der Waals surface area (Å²) >= 11 is 0. The molecular weight excluding hydrogens is 260 g/mol. The molecule has 3 nitrogen and oxygen atoms in total. The molecule has 1 aliphatic rings. The summed E-state index contributed by atoms with van der Waals surface area (Å²) in [4.78, 5) is 14.6. The minimum absolute atomic E-state index is 0. The number of carbonyl (C=O) groups is 1. The minimum Gasteiger partial charge on any atom is -0.333 e. The number of nitrogens with one attached hydrogen (secondary N) is 1. The lowest BCUT2D eigenvalue weighted by Gasteiger charge is -2.39. The number of benzene rings is 1. The first-order valence-corrected chi connectivity index (χ1v) is 6.63. The molecule has 0 spiro atoms. The molecular formula is C15H23ClN2O. The predicted octanol–water partition coefficient (Wildman–Crippen LogP) is 2.55. The van der Waals surface area contributed by atoms with Gasteiger partial charge in [0.1, 0.15) is 0 Å². The smallest absolute Gasteiger partial charge is 0.254 e. The van der Waals surface area contributed by atoms with Crippen molar-refractivity contribution in [1.82, 2.24) is 10.2 Å². The number of nitrogens with zero attached hydrogens (tertiary/aromatic N) is 1. The van der Waals surface area contributed by atoms with Gasteiger partial charge in [-0.15, -0.1) is 12.4 Å². The summed E-state index contributed by atoms with van der Waals surface area (Å²) < 4.78 is 0. The zero-order valence-corrected chi connectivity index (χ0v) is 12.9. The highest BCUT2D eigenvalue weighted by molar-refractivity contribution is 5.96. The van der Waals surface area contributed by atoms with Crippen molar-refractivity contribution in [3.63, 3.8) is 0 Å². The molecule has 106 valence electrons. The van der Waals surface area contributed by atoms with E-state index in [1.54, 1.807) is 0 Å². The molecule has 1 heterocycles. The average Bonchev–Trinajstić information content (AvgIpc) is 2.35. The van der Waals surface area contributed by atoms with Crippen LogP contribution in [-0.4, -0.2) is 36.0 Å². The Bertz CT molecular complexity index is 461. The van der Waals surface area contributed by atoms with Crippen LogP contribution in [0, 0.1) is 13.8 Å². The Kier molecular flexibility index (Phi) is 5.39. The molecule has 0 aliphatic carbocycles. The maximum absolute atomic E-state index is 12.6. The summed E-state index contributed by atoms with van der Waals surface area (Å²) in [6.45, 7) is 9.99. The van der Waals surface area contributed by atoms with Crippen molar-refractivity contribution in [1.29, 1.82) is 0 Å². The van der Waals surface area contributed by atoms with E-state index in [1.807, 2.05) is 24.0 Å². The summed E-state index contributed by atoms with van der Waals surface area (Å²) in [5, 5.41) is 3.40. The molecule has 1 fully saturated rings. The molecule has 0 aromatic heterocycles. The van der Waals surface area contributed by atoms with Crippen LogP contribution < -0.4 is 5.32 Å². The molecule has 1 saturated heterocycles. The van der Waals surface area contributed by atoms with E-state index in [1.165, 1.54) is 5.56 Å². The molecule has 1 N–H and O–H groups in total. The zero-order chi connectivity index (χ0) is 13.3. The van der Waals surface area contributed by atoms with Crippen molar-refractivity contribution < 1.29 is 4.79 Å². The van der Waals surface area contributed by atoms with Crippen molar-refractivity contribution in [3.8, 4) is 0 Å². The van der Waals surface area contributed by atoms with Gasteiger partial charge in [-0.3, -0.25) is 4.79 Å². The molecule has 0 saturated carbocycles. The molecule has 2 rings (SSSR count). The van der Waals surface area contributed by atoms with Crippen molar-refractivity contribution in [2.75, 3.05) is 13.1 Å². The molecule has 1 amide bonds. The average molecular weight is 283 g/mol. The number of rotatable bonds is 1. The Morgan fingerprint density at radius 1 is 1.32 bits per heavy atom. The van der Waals surface area contributed by atoms with Crippen LogP contribution in [0.1, 0.15) is 35.3 Å². The largest absolute Gasteiger partial charge is 0.333 e. The maximum atomic E-state index is 12.6. The van der Waals surface area contributed by atoms with Crippen molar-refractivity contribution in [2.45, 2.75) is 39.8 Å². The van der Waals surface area contributed by atoms with E-state index >= 15 is 0 Å². The quantitative estimate of drug-likeness (QED) is 0.859. The summed E-state index contributed by atoms with van der Waals surface area (Å²) in [7, 11) is 0. The number of halogens is 1.